The van der Waals surface area contributed by atoms with Crippen LogP contribution in [-0.4, -0.2) is 22.6 Å². The van der Waals surface area contributed by atoms with Gasteiger partial charge in [0.05, 0.1) is 7.11 Å². The zero-order valence-electron chi connectivity index (χ0n) is 7.85. The summed E-state index contributed by atoms with van der Waals surface area (Å²) >= 11 is 0. The fourth-order valence-electron chi connectivity index (χ4n) is 0.800. The van der Waals surface area contributed by atoms with Crippen LogP contribution in [0.4, 0.5) is 0 Å². The van der Waals surface area contributed by atoms with Gasteiger partial charge in [-0.1, -0.05) is 0 Å². The van der Waals surface area contributed by atoms with Crippen molar-refractivity contribution in [3.8, 4) is 11.5 Å². The summed E-state index contributed by atoms with van der Waals surface area (Å²) in [4.78, 5) is 0. The van der Waals surface area contributed by atoms with Gasteiger partial charge in [-0.2, -0.15) is 13.1 Å². The van der Waals surface area contributed by atoms with Crippen LogP contribution in [0.3, 0.4) is 0 Å². The molecule has 6 heteroatoms. The summed E-state index contributed by atoms with van der Waals surface area (Å²) in [6, 6.07) is 6.24. The van der Waals surface area contributed by atoms with Crippen molar-refractivity contribution in [1.29, 1.82) is 0 Å². The van der Waals surface area contributed by atoms with Crippen molar-refractivity contribution in [3.05, 3.63) is 24.3 Å². The SMILES string of the molecule is CNS(=O)(=O)Oc1ccc(OC)cc1. The quantitative estimate of drug-likeness (QED) is 0.799. The molecule has 0 unspecified atom stereocenters. The highest BCUT2D eigenvalue weighted by Crippen LogP contribution is 2.17. The lowest BCUT2D eigenvalue weighted by atomic mass is 10.3. The summed E-state index contributed by atoms with van der Waals surface area (Å²) in [6.45, 7) is 0. The molecule has 0 saturated heterocycles. The predicted molar refractivity (Wildman–Crippen MR) is 51.6 cm³/mol. The van der Waals surface area contributed by atoms with Crippen molar-refractivity contribution in [2.45, 2.75) is 0 Å². The fraction of sp³-hybridized carbons (Fsp3) is 0.250. The van der Waals surface area contributed by atoms with E-state index in [9.17, 15) is 8.42 Å². The molecule has 1 rings (SSSR count). The highest BCUT2D eigenvalue weighted by Gasteiger charge is 2.08. The maximum atomic E-state index is 11.0. The summed E-state index contributed by atoms with van der Waals surface area (Å²) in [5, 5.41) is 0. The zero-order chi connectivity index (χ0) is 10.6. The smallest absolute Gasteiger partial charge is 0.382 e. The third-order valence-electron chi connectivity index (χ3n) is 1.52. The molecule has 0 heterocycles. The summed E-state index contributed by atoms with van der Waals surface area (Å²) < 4.78 is 33.5. The molecule has 78 valence electrons. The van der Waals surface area contributed by atoms with Crippen molar-refractivity contribution >= 4 is 10.3 Å². The molecule has 0 saturated carbocycles. The summed E-state index contributed by atoms with van der Waals surface area (Å²) in [6.07, 6.45) is 0. The van der Waals surface area contributed by atoms with Gasteiger partial charge in [-0.25, -0.2) is 0 Å². The van der Waals surface area contributed by atoms with Crippen LogP contribution >= 0.6 is 0 Å². The second kappa shape index (κ2) is 4.30. The predicted octanol–water partition coefficient (Wildman–Crippen LogP) is 0.538. The van der Waals surface area contributed by atoms with Gasteiger partial charge in [0.2, 0.25) is 0 Å². The molecule has 5 nitrogen and oxygen atoms in total. The van der Waals surface area contributed by atoms with Crippen LogP contribution in [0.5, 0.6) is 11.5 Å². The standard InChI is InChI=1S/C8H11NO4S/c1-9-14(10,11)13-8-5-3-7(12-2)4-6-8/h3-6,9H,1-2H3. The number of benzene rings is 1. The van der Waals surface area contributed by atoms with Gasteiger partial charge in [0.15, 0.2) is 0 Å². The number of hydrogen-bond donors (Lipinski definition) is 1. The Labute approximate surface area is 82.9 Å². The minimum atomic E-state index is -3.68. The number of methoxy groups -OCH3 is 1. The Morgan fingerprint density at radius 1 is 1.14 bits per heavy atom. The first-order valence-corrected chi connectivity index (χ1v) is 5.25. The highest BCUT2D eigenvalue weighted by molar-refractivity contribution is 7.85. The van der Waals surface area contributed by atoms with Crippen LogP contribution < -0.4 is 13.6 Å². The second-order valence-electron chi connectivity index (χ2n) is 2.42. The van der Waals surface area contributed by atoms with Crippen molar-refractivity contribution in [2.24, 2.45) is 0 Å². The Morgan fingerprint density at radius 3 is 2.07 bits per heavy atom. The van der Waals surface area contributed by atoms with Gasteiger partial charge in [0.25, 0.3) is 0 Å². The summed E-state index contributed by atoms with van der Waals surface area (Å²) in [7, 11) is -0.878. The molecular formula is C8H11NO4S. The molecule has 0 aliphatic carbocycles. The van der Waals surface area contributed by atoms with E-state index in [1.165, 1.54) is 26.3 Å². The first-order chi connectivity index (χ1) is 6.57. The number of rotatable bonds is 4. The van der Waals surface area contributed by atoms with Crippen LogP contribution in [-0.2, 0) is 10.3 Å². The first-order valence-electron chi connectivity index (χ1n) is 3.84. The van der Waals surface area contributed by atoms with Crippen molar-refractivity contribution < 1.29 is 17.3 Å². The Kier molecular flexibility index (Phi) is 3.32. The fourth-order valence-corrected chi connectivity index (χ4v) is 1.25. The van der Waals surface area contributed by atoms with E-state index in [4.69, 9.17) is 4.74 Å². The van der Waals surface area contributed by atoms with E-state index < -0.39 is 10.3 Å². The average Bonchev–Trinajstić information content (AvgIpc) is 2.19. The maximum Gasteiger partial charge on any atom is 0.382 e. The molecule has 14 heavy (non-hydrogen) atoms. The molecule has 0 spiro atoms. The van der Waals surface area contributed by atoms with E-state index in [1.807, 2.05) is 4.72 Å². The zero-order valence-corrected chi connectivity index (χ0v) is 8.67. The van der Waals surface area contributed by atoms with Crippen molar-refractivity contribution in [1.82, 2.24) is 4.72 Å². The third-order valence-corrected chi connectivity index (χ3v) is 2.43. The Morgan fingerprint density at radius 2 is 1.64 bits per heavy atom. The van der Waals surface area contributed by atoms with Crippen LogP contribution in [0.15, 0.2) is 24.3 Å². The van der Waals surface area contributed by atoms with E-state index in [0.717, 1.165) is 0 Å². The van der Waals surface area contributed by atoms with Gasteiger partial charge in [0, 0.05) is 7.05 Å². The van der Waals surface area contributed by atoms with Crippen LogP contribution in [0.2, 0.25) is 0 Å². The lowest BCUT2D eigenvalue weighted by molar-refractivity contribution is 0.413. The van der Waals surface area contributed by atoms with Gasteiger partial charge in [-0.3, -0.25) is 0 Å². The van der Waals surface area contributed by atoms with Gasteiger partial charge < -0.3 is 8.92 Å². The molecule has 0 radical (unpaired) electrons. The minimum absolute atomic E-state index is 0.236. The van der Waals surface area contributed by atoms with Gasteiger partial charge >= 0.3 is 10.3 Å². The van der Waals surface area contributed by atoms with Gasteiger partial charge in [0.1, 0.15) is 11.5 Å². The lowest BCUT2D eigenvalue weighted by Gasteiger charge is -2.05. The molecule has 1 aromatic carbocycles. The topological polar surface area (TPSA) is 64.6 Å². The van der Waals surface area contributed by atoms with Gasteiger partial charge in [-0.15, -0.1) is 0 Å². The molecule has 0 bridgehead atoms. The van der Waals surface area contributed by atoms with Crippen molar-refractivity contribution in [3.63, 3.8) is 0 Å². The molecule has 1 aromatic rings. The number of ether oxygens (including phenoxy) is 1. The Bertz CT molecular complexity index is 384. The van der Waals surface area contributed by atoms with E-state index in [0.29, 0.717) is 5.75 Å². The largest absolute Gasteiger partial charge is 0.497 e. The molecule has 0 aliphatic heterocycles. The number of nitrogens with one attached hydrogen (secondary N) is 1. The Hall–Kier alpha value is -1.27. The first kappa shape index (κ1) is 10.8. The number of hydrogen-bond acceptors (Lipinski definition) is 4. The third kappa shape index (κ3) is 2.90. The summed E-state index contributed by atoms with van der Waals surface area (Å²) in [5.41, 5.74) is 0. The second-order valence-corrected chi connectivity index (χ2v) is 3.90. The highest BCUT2D eigenvalue weighted by atomic mass is 32.2. The van der Waals surface area contributed by atoms with E-state index in [-0.39, 0.29) is 5.75 Å². The van der Waals surface area contributed by atoms with E-state index in [1.54, 1.807) is 12.1 Å². The Balaban J connectivity index is 2.79. The summed E-state index contributed by atoms with van der Waals surface area (Å²) in [5.74, 6) is 0.874. The van der Waals surface area contributed by atoms with Crippen LogP contribution in [0.1, 0.15) is 0 Å². The lowest BCUT2D eigenvalue weighted by Crippen LogP contribution is -2.24. The van der Waals surface area contributed by atoms with Crippen LogP contribution in [0, 0.1) is 0 Å². The van der Waals surface area contributed by atoms with E-state index in [2.05, 4.69) is 4.18 Å². The van der Waals surface area contributed by atoms with Crippen molar-refractivity contribution in [2.75, 3.05) is 14.2 Å². The molecule has 0 aromatic heterocycles. The average molecular weight is 217 g/mol. The molecule has 0 fully saturated rings. The molecule has 0 atom stereocenters. The molecule has 0 aliphatic rings. The molecule has 0 amide bonds. The monoisotopic (exact) mass is 217 g/mol. The maximum absolute atomic E-state index is 11.0. The normalized spacial score (nSPS) is 11.0. The molecular weight excluding hydrogens is 206 g/mol. The van der Waals surface area contributed by atoms with E-state index >= 15 is 0 Å². The minimum Gasteiger partial charge on any atom is -0.497 e. The van der Waals surface area contributed by atoms with Crippen LogP contribution in [0.25, 0.3) is 0 Å². The molecule has 1 N–H and O–H groups in total. The van der Waals surface area contributed by atoms with Gasteiger partial charge in [-0.05, 0) is 24.3 Å².